The summed E-state index contributed by atoms with van der Waals surface area (Å²) in [5.74, 6) is 0.198. The van der Waals surface area contributed by atoms with Crippen LogP contribution in [-0.4, -0.2) is 38.0 Å². The molecular formula is C34H34N2O6. The molecule has 8 nitrogen and oxygen atoms in total. The van der Waals surface area contributed by atoms with Gasteiger partial charge in [0.25, 0.3) is 11.8 Å². The summed E-state index contributed by atoms with van der Waals surface area (Å²) in [5.41, 5.74) is 3.00. The van der Waals surface area contributed by atoms with E-state index in [0.29, 0.717) is 60.2 Å². The maximum Gasteiger partial charge on any atom is 0.305 e. The first kappa shape index (κ1) is 29.9. The van der Waals surface area contributed by atoms with E-state index in [4.69, 9.17) is 14.2 Å². The Kier molecular flexibility index (Phi) is 10.7. The molecule has 0 saturated heterocycles. The van der Waals surface area contributed by atoms with Crippen LogP contribution in [0.5, 0.6) is 11.5 Å². The van der Waals surface area contributed by atoms with Gasteiger partial charge in [0.2, 0.25) is 0 Å². The first-order valence-electron chi connectivity index (χ1n) is 13.8. The van der Waals surface area contributed by atoms with Gasteiger partial charge in [0.1, 0.15) is 18.1 Å². The zero-order valence-corrected chi connectivity index (χ0v) is 23.7. The number of carbonyl (C=O) groups is 3. The summed E-state index contributed by atoms with van der Waals surface area (Å²) in [6, 6.07) is 30.7. The molecule has 0 bridgehead atoms. The number of benzene rings is 4. The Hall–Kier alpha value is -5.11. The van der Waals surface area contributed by atoms with Crippen molar-refractivity contribution in [1.29, 1.82) is 0 Å². The van der Waals surface area contributed by atoms with E-state index in [1.165, 1.54) is 4.90 Å². The molecule has 0 aromatic heterocycles. The van der Waals surface area contributed by atoms with Crippen LogP contribution in [0.25, 0.3) is 0 Å². The van der Waals surface area contributed by atoms with E-state index in [9.17, 15) is 14.4 Å². The average Bonchev–Trinajstić information content (AvgIpc) is 3.03. The Morgan fingerprint density at radius 2 is 1.43 bits per heavy atom. The number of esters is 1. The van der Waals surface area contributed by atoms with Crippen LogP contribution in [0.3, 0.4) is 0 Å². The molecule has 0 spiro atoms. The first-order chi connectivity index (χ1) is 20.5. The fourth-order valence-electron chi connectivity index (χ4n) is 4.20. The van der Waals surface area contributed by atoms with Crippen molar-refractivity contribution in [3.05, 3.63) is 120 Å². The maximum absolute atomic E-state index is 13.3. The fourth-order valence-corrected chi connectivity index (χ4v) is 4.20. The fraction of sp³-hybridized carbons (Fsp3) is 0.206. The number of hydrogen-bond acceptors (Lipinski definition) is 6. The molecule has 2 amide bonds. The molecule has 0 saturated carbocycles. The zero-order chi connectivity index (χ0) is 29.7. The van der Waals surface area contributed by atoms with Gasteiger partial charge in [-0.05, 0) is 67.4 Å². The minimum Gasteiger partial charge on any atom is -0.491 e. The van der Waals surface area contributed by atoms with Gasteiger partial charge in [-0.25, -0.2) is 0 Å². The summed E-state index contributed by atoms with van der Waals surface area (Å²) in [4.78, 5) is 39.4. The molecule has 0 radical (unpaired) electrons. The summed E-state index contributed by atoms with van der Waals surface area (Å²) < 4.78 is 16.7. The Labute approximate surface area is 245 Å². The second-order valence-electron chi connectivity index (χ2n) is 9.39. The summed E-state index contributed by atoms with van der Waals surface area (Å²) in [7, 11) is 1.67. The molecule has 42 heavy (non-hydrogen) atoms. The second kappa shape index (κ2) is 15.0. The Balaban J connectivity index is 1.36. The van der Waals surface area contributed by atoms with Crippen LogP contribution in [0.1, 0.15) is 46.0 Å². The van der Waals surface area contributed by atoms with Gasteiger partial charge >= 0.3 is 5.97 Å². The predicted molar refractivity (Wildman–Crippen MR) is 162 cm³/mol. The van der Waals surface area contributed by atoms with Crippen LogP contribution >= 0.6 is 0 Å². The molecular weight excluding hydrogens is 532 g/mol. The van der Waals surface area contributed by atoms with Crippen molar-refractivity contribution in [3.8, 4) is 11.5 Å². The van der Waals surface area contributed by atoms with Gasteiger partial charge in [0, 0.05) is 24.7 Å². The third-order valence-electron chi connectivity index (χ3n) is 6.38. The molecule has 4 aromatic rings. The van der Waals surface area contributed by atoms with Crippen LogP contribution < -0.4 is 19.7 Å². The van der Waals surface area contributed by atoms with Gasteiger partial charge in [-0.2, -0.15) is 0 Å². The van der Waals surface area contributed by atoms with Gasteiger partial charge in [-0.1, -0.05) is 54.6 Å². The van der Waals surface area contributed by atoms with Crippen molar-refractivity contribution in [2.45, 2.75) is 26.4 Å². The van der Waals surface area contributed by atoms with E-state index in [2.05, 4.69) is 5.32 Å². The van der Waals surface area contributed by atoms with E-state index in [1.807, 2.05) is 48.5 Å². The third kappa shape index (κ3) is 8.20. The number of para-hydroxylation sites is 3. The Bertz CT molecular complexity index is 1490. The third-order valence-corrected chi connectivity index (χ3v) is 6.38. The zero-order valence-electron chi connectivity index (χ0n) is 23.7. The van der Waals surface area contributed by atoms with Gasteiger partial charge in [0.15, 0.2) is 0 Å². The number of rotatable bonds is 13. The lowest BCUT2D eigenvalue weighted by atomic mass is 10.1. The molecule has 1 N–H and O–H groups in total. The molecule has 0 heterocycles. The van der Waals surface area contributed by atoms with Crippen molar-refractivity contribution in [2.75, 3.05) is 30.5 Å². The van der Waals surface area contributed by atoms with Gasteiger partial charge in [0.05, 0.1) is 24.5 Å². The van der Waals surface area contributed by atoms with E-state index >= 15 is 0 Å². The highest BCUT2D eigenvalue weighted by Gasteiger charge is 2.18. The highest BCUT2D eigenvalue weighted by atomic mass is 16.5. The topological polar surface area (TPSA) is 94.2 Å². The number of carbonyl (C=O) groups excluding carboxylic acids is 3. The molecule has 0 atom stereocenters. The SMILES string of the molecule is CCOC(=O)CCCOc1ccccc1N(C)C(=O)c1ccc(NC(=O)c2ccccc2OCc2ccccc2)cc1. The number of anilines is 2. The van der Waals surface area contributed by atoms with Crippen LogP contribution in [0.4, 0.5) is 11.4 Å². The molecule has 0 aliphatic heterocycles. The van der Waals surface area contributed by atoms with Gasteiger partial charge < -0.3 is 24.4 Å². The van der Waals surface area contributed by atoms with Crippen molar-refractivity contribution in [2.24, 2.45) is 0 Å². The molecule has 4 rings (SSSR count). The first-order valence-corrected chi connectivity index (χ1v) is 13.8. The molecule has 8 heteroatoms. The summed E-state index contributed by atoms with van der Waals surface area (Å²) in [5, 5.41) is 2.88. The highest BCUT2D eigenvalue weighted by molar-refractivity contribution is 6.08. The van der Waals surface area contributed by atoms with Crippen molar-refractivity contribution in [1.82, 2.24) is 0 Å². The largest absolute Gasteiger partial charge is 0.491 e. The van der Waals surface area contributed by atoms with Crippen molar-refractivity contribution >= 4 is 29.2 Å². The van der Waals surface area contributed by atoms with Crippen LogP contribution in [0.15, 0.2) is 103 Å². The van der Waals surface area contributed by atoms with Crippen LogP contribution in [0, 0.1) is 0 Å². The Morgan fingerprint density at radius 3 is 2.17 bits per heavy atom. The lowest BCUT2D eigenvalue weighted by molar-refractivity contribution is -0.143. The predicted octanol–water partition coefficient (Wildman–Crippen LogP) is 6.52. The quantitative estimate of drug-likeness (QED) is 0.146. The molecule has 4 aromatic carbocycles. The summed E-state index contributed by atoms with van der Waals surface area (Å²) >= 11 is 0. The summed E-state index contributed by atoms with van der Waals surface area (Å²) in [6.45, 7) is 2.77. The standard InChI is InChI=1S/C34H34N2O6/c1-3-40-32(37)18-11-23-41-31-17-10-8-15-29(31)36(2)34(39)26-19-21-27(22-20-26)35-33(38)28-14-7-9-16-30(28)42-24-25-12-5-4-6-13-25/h4-10,12-17,19-22H,3,11,18,23-24H2,1-2H3,(H,35,38). The molecule has 0 aliphatic carbocycles. The minimum atomic E-state index is -0.316. The van der Waals surface area contributed by atoms with E-state index < -0.39 is 0 Å². The van der Waals surface area contributed by atoms with Crippen LogP contribution in [0.2, 0.25) is 0 Å². The van der Waals surface area contributed by atoms with Crippen LogP contribution in [-0.2, 0) is 16.1 Å². The second-order valence-corrected chi connectivity index (χ2v) is 9.39. The van der Waals surface area contributed by atoms with E-state index in [0.717, 1.165) is 5.56 Å². The lowest BCUT2D eigenvalue weighted by Crippen LogP contribution is -2.26. The highest BCUT2D eigenvalue weighted by Crippen LogP contribution is 2.29. The normalized spacial score (nSPS) is 10.4. The van der Waals surface area contributed by atoms with E-state index in [1.54, 1.807) is 68.6 Å². The molecule has 216 valence electrons. The van der Waals surface area contributed by atoms with E-state index in [-0.39, 0.29) is 24.2 Å². The number of nitrogens with one attached hydrogen (secondary N) is 1. The number of hydrogen-bond donors (Lipinski definition) is 1. The Morgan fingerprint density at radius 1 is 0.762 bits per heavy atom. The smallest absolute Gasteiger partial charge is 0.305 e. The lowest BCUT2D eigenvalue weighted by Gasteiger charge is -2.21. The monoisotopic (exact) mass is 566 g/mol. The average molecular weight is 567 g/mol. The number of nitrogens with zero attached hydrogens (tertiary/aromatic N) is 1. The van der Waals surface area contributed by atoms with Crippen molar-refractivity contribution in [3.63, 3.8) is 0 Å². The molecule has 0 fully saturated rings. The maximum atomic E-state index is 13.3. The van der Waals surface area contributed by atoms with Gasteiger partial charge in [-0.3, -0.25) is 14.4 Å². The van der Waals surface area contributed by atoms with Gasteiger partial charge in [-0.15, -0.1) is 0 Å². The number of amides is 2. The molecule has 0 aliphatic rings. The molecule has 0 unspecified atom stereocenters. The minimum absolute atomic E-state index is 0.241. The number of ether oxygens (including phenoxy) is 3. The van der Waals surface area contributed by atoms with Crippen molar-refractivity contribution < 1.29 is 28.6 Å². The summed E-state index contributed by atoms with van der Waals surface area (Å²) in [6.07, 6.45) is 0.765.